The molecule has 1 rings (SSSR count). The Hall–Kier alpha value is -0.310. The number of nitrogens with two attached hydrogens (primary N) is 1. The van der Waals surface area contributed by atoms with Crippen molar-refractivity contribution in [2.45, 2.75) is 6.42 Å². The molecule has 0 unspecified atom stereocenters. The van der Waals surface area contributed by atoms with Crippen LogP contribution in [0.2, 0.25) is 0 Å². The summed E-state index contributed by atoms with van der Waals surface area (Å²) in [6, 6.07) is 6.40. The van der Waals surface area contributed by atoms with E-state index in [-0.39, 0.29) is 30.6 Å². The van der Waals surface area contributed by atoms with Gasteiger partial charge in [-0.05, 0) is 30.7 Å². The summed E-state index contributed by atoms with van der Waals surface area (Å²) in [6.07, 6.45) is 0.820. The number of rotatable bonds is 2. The summed E-state index contributed by atoms with van der Waals surface area (Å²) in [5.74, 6) is -0.194. The zero-order valence-corrected chi connectivity index (χ0v) is 8.13. The predicted molar refractivity (Wildman–Crippen MR) is 53.7 cm³/mol. The normalized spacial score (nSPS) is 8.17. The van der Waals surface area contributed by atoms with Crippen LogP contribution in [0.1, 0.15) is 5.56 Å². The summed E-state index contributed by atoms with van der Waals surface area (Å²) >= 11 is 0. The van der Waals surface area contributed by atoms with Crippen LogP contribution in [0.25, 0.3) is 0 Å². The largest absolute Gasteiger partial charge is 0.330 e. The minimum atomic E-state index is -0.194. The first-order valence-corrected chi connectivity index (χ1v) is 3.27. The fraction of sp³-hybridized carbons (Fsp3) is 0.250. The molecule has 0 fully saturated rings. The van der Waals surface area contributed by atoms with Crippen LogP contribution in [0.15, 0.2) is 24.3 Å². The molecule has 0 aromatic heterocycles. The molecule has 1 aromatic rings. The average Bonchev–Trinajstić information content (AvgIpc) is 1.95. The van der Waals surface area contributed by atoms with Crippen molar-refractivity contribution in [3.8, 4) is 0 Å². The van der Waals surface area contributed by atoms with Crippen molar-refractivity contribution < 1.29 is 4.39 Å². The lowest BCUT2D eigenvalue weighted by atomic mass is 10.1. The van der Waals surface area contributed by atoms with Gasteiger partial charge in [0.1, 0.15) is 5.82 Å². The third-order valence-corrected chi connectivity index (χ3v) is 1.35. The lowest BCUT2D eigenvalue weighted by Gasteiger charge is -1.95. The summed E-state index contributed by atoms with van der Waals surface area (Å²) < 4.78 is 12.3. The van der Waals surface area contributed by atoms with Gasteiger partial charge in [-0.15, -0.1) is 24.8 Å². The monoisotopic (exact) mass is 211 g/mol. The highest BCUT2D eigenvalue weighted by molar-refractivity contribution is 5.85. The van der Waals surface area contributed by atoms with E-state index in [0.717, 1.165) is 12.0 Å². The Labute approximate surface area is 84.0 Å². The van der Waals surface area contributed by atoms with Crippen LogP contribution >= 0.6 is 24.8 Å². The fourth-order valence-corrected chi connectivity index (χ4v) is 0.818. The summed E-state index contributed by atoms with van der Waals surface area (Å²) in [7, 11) is 0. The maximum Gasteiger partial charge on any atom is 0.123 e. The average molecular weight is 212 g/mol. The van der Waals surface area contributed by atoms with Crippen molar-refractivity contribution in [2.75, 3.05) is 6.54 Å². The third-order valence-electron chi connectivity index (χ3n) is 1.35. The number of benzene rings is 1. The first-order chi connectivity index (χ1) is 4.83. The Morgan fingerprint density at radius 2 is 1.58 bits per heavy atom. The molecule has 0 saturated carbocycles. The lowest BCUT2D eigenvalue weighted by Crippen LogP contribution is -2.02. The van der Waals surface area contributed by atoms with E-state index in [2.05, 4.69) is 0 Å². The smallest absolute Gasteiger partial charge is 0.123 e. The van der Waals surface area contributed by atoms with Crippen molar-refractivity contribution in [2.24, 2.45) is 5.73 Å². The molecule has 0 aliphatic rings. The van der Waals surface area contributed by atoms with Crippen LogP contribution in [0.4, 0.5) is 4.39 Å². The molecule has 1 aromatic carbocycles. The van der Waals surface area contributed by atoms with Crippen LogP contribution in [-0.2, 0) is 6.42 Å². The molecule has 0 heterocycles. The minimum absolute atomic E-state index is 0. The van der Waals surface area contributed by atoms with Gasteiger partial charge in [0.15, 0.2) is 0 Å². The molecule has 0 bridgehead atoms. The molecule has 0 amide bonds. The highest BCUT2D eigenvalue weighted by atomic mass is 35.5. The highest BCUT2D eigenvalue weighted by Crippen LogP contribution is 2.01. The van der Waals surface area contributed by atoms with Gasteiger partial charge in [0.05, 0.1) is 0 Å². The van der Waals surface area contributed by atoms with Crippen molar-refractivity contribution >= 4 is 24.8 Å². The van der Waals surface area contributed by atoms with E-state index in [1.54, 1.807) is 12.1 Å². The van der Waals surface area contributed by atoms with Gasteiger partial charge >= 0.3 is 0 Å². The van der Waals surface area contributed by atoms with Crippen LogP contribution in [-0.4, -0.2) is 6.54 Å². The van der Waals surface area contributed by atoms with Crippen molar-refractivity contribution in [3.63, 3.8) is 0 Å². The van der Waals surface area contributed by atoms with E-state index < -0.39 is 0 Å². The maximum atomic E-state index is 12.3. The van der Waals surface area contributed by atoms with Crippen LogP contribution in [0.3, 0.4) is 0 Å². The van der Waals surface area contributed by atoms with E-state index in [1.165, 1.54) is 12.1 Å². The van der Waals surface area contributed by atoms with Gasteiger partial charge < -0.3 is 5.73 Å². The second kappa shape index (κ2) is 7.35. The van der Waals surface area contributed by atoms with Gasteiger partial charge in [0, 0.05) is 0 Å². The molecule has 0 saturated heterocycles. The van der Waals surface area contributed by atoms with E-state index >= 15 is 0 Å². The molecule has 0 atom stereocenters. The molecule has 70 valence electrons. The first kappa shape index (κ1) is 14.2. The summed E-state index contributed by atoms with van der Waals surface area (Å²) in [5, 5.41) is 0. The minimum Gasteiger partial charge on any atom is -0.330 e. The van der Waals surface area contributed by atoms with Crippen molar-refractivity contribution in [3.05, 3.63) is 35.6 Å². The van der Waals surface area contributed by atoms with Gasteiger partial charge in [-0.1, -0.05) is 12.1 Å². The molecule has 0 aliphatic heterocycles. The predicted octanol–water partition coefficient (Wildman–Crippen LogP) is 2.17. The molecular weight excluding hydrogens is 200 g/mol. The van der Waals surface area contributed by atoms with Crippen LogP contribution in [0.5, 0.6) is 0 Å². The van der Waals surface area contributed by atoms with Gasteiger partial charge in [-0.2, -0.15) is 0 Å². The second-order valence-corrected chi connectivity index (χ2v) is 2.17. The molecule has 1 nitrogen and oxygen atoms in total. The highest BCUT2D eigenvalue weighted by Gasteiger charge is 1.90. The van der Waals surface area contributed by atoms with E-state index in [0.29, 0.717) is 6.54 Å². The van der Waals surface area contributed by atoms with Crippen molar-refractivity contribution in [1.29, 1.82) is 0 Å². The molecule has 12 heavy (non-hydrogen) atoms. The van der Waals surface area contributed by atoms with E-state index in [9.17, 15) is 4.39 Å². The van der Waals surface area contributed by atoms with Crippen molar-refractivity contribution in [1.82, 2.24) is 0 Å². The summed E-state index contributed by atoms with van der Waals surface area (Å²) in [4.78, 5) is 0. The maximum absolute atomic E-state index is 12.3. The Morgan fingerprint density at radius 3 is 2.00 bits per heavy atom. The molecule has 2 N–H and O–H groups in total. The Morgan fingerprint density at radius 1 is 1.08 bits per heavy atom. The Bertz CT molecular complexity index is 201. The quantitative estimate of drug-likeness (QED) is 0.798. The van der Waals surface area contributed by atoms with Crippen LogP contribution in [0, 0.1) is 5.82 Å². The number of hydrogen-bond acceptors (Lipinski definition) is 1. The standard InChI is InChI=1S/C8H10FN.2ClH/c9-8-3-1-7(2-4-8)5-6-10;;/h1-4H,5-6,10H2;2*1H. The Balaban J connectivity index is 0. The summed E-state index contributed by atoms with van der Waals surface area (Å²) in [5.41, 5.74) is 6.39. The van der Waals surface area contributed by atoms with Gasteiger partial charge in [-0.3, -0.25) is 0 Å². The zero-order chi connectivity index (χ0) is 7.40. The Kier molecular flexibility index (Phi) is 8.71. The molecule has 4 heteroatoms. The number of hydrogen-bond donors (Lipinski definition) is 1. The molecule has 0 aliphatic carbocycles. The van der Waals surface area contributed by atoms with E-state index in [4.69, 9.17) is 5.73 Å². The summed E-state index contributed by atoms with van der Waals surface area (Å²) in [6.45, 7) is 0.617. The molecule has 0 spiro atoms. The first-order valence-electron chi connectivity index (χ1n) is 3.27. The second-order valence-electron chi connectivity index (χ2n) is 2.17. The zero-order valence-electron chi connectivity index (χ0n) is 6.50. The third kappa shape index (κ3) is 4.54. The van der Waals surface area contributed by atoms with E-state index in [1.807, 2.05) is 0 Å². The van der Waals surface area contributed by atoms with Gasteiger partial charge in [-0.25, -0.2) is 4.39 Å². The fourth-order valence-electron chi connectivity index (χ4n) is 0.818. The van der Waals surface area contributed by atoms with Gasteiger partial charge in [0.25, 0.3) is 0 Å². The SMILES string of the molecule is Cl.Cl.NCCc1ccc(F)cc1. The number of halogens is 3. The topological polar surface area (TPSA) is 26.0 Å². The molecular formula is C8H12Cl2FN. The van der Waals surface area contributed by atoms with Gasteiger partial charge in [0.2, 0.25) is 0 Å². The lowest BCUT2D eigenvalue weighted by molar-refractivity contribution is 0.627. The molecule has 0 radical (unpaired) electrons. The van der Waals surface area contributed by atoms with Crippen LogP contribution < -0.4 is 5.73 Å².